The normalized spacial score (nSPS) is 17.8. The standard InChI is InChI=1S/C15H18N2O4/c1-19-15(6-8-20-9-7-15)14-16-13(21-17-14)10-11-4-2-3-5-12(11)18/h2-5,18H,6-10H2,1H3. The molecular formula is C15H18N2O4. The third-order valence-electron chi connectivity index (χ3n) is 3.90. The molecule has 0 saturated carbocycles. The third-order valence-corrected chi connectivity index (χ3v) is 3.90. The Hall–Kier alpha value is -1.92. The number of aromatic hydroxyl groups is 1. The van der Waals surface area contributed by atoms with Gasteiger partial charge < -0.3 is 19.1 Å². The van der Waals surface area contributed by atoms with Crippen molar-refractivity contribution in [1.82, 2.24) is 10.1 Å². The number of nitrogens with zero attached hydrogens (tertiary/aromatic N) is 2. The lowest BCUT2D eigenvalue weighted by molar-refractivity contribution is -0.101. The van der Waals surface area contributed by atoms with Gasteiger partial charge >= 0.3 is 0 Å². The molecule has 6 nitrogen and oxygen atoms in total. The van der Waals surface area contributed by atoms with Crippen LogP contribution in [0.25, 0.3) is 0 Å². The average molecular weight is 290 g/mol. The van der Waals surface area contributed by atoms with E-state index in [1.165, 1.54) is 0 Å². The number of ether oxygens (including phenoxy) is 2. The van der Waals surface area contributed by atoms with Gasteiger partial charge in [-0.2, -0.15) is 4.98 Å². The van der Waals surface area contributed by atoms with Gasteiger partial charge in [0.15, 0.2) is 0 Å². The molecule has 1 aromatic heterocycles. The Morgan fingerprint density at radius 3 is 2.76 bits per heavy atom. The predicted octanol–water partition coefficient (Wildman–Crippen LogP) is 2.02. The highest BCUT2D eigenvalue weighted by Crippen LogP contribution is 2.33. The highest BCUT2D eigenvalue weighted by atomic mass is 16.5. The molecule has 1 fully saturated rings. The largest absolute Gasteiger partial charge is 0.508 e. The number of phenols is 1. The van der Waals surface area contributed by atoms with E-state index in [-0.39, 0.29) is 5.75 Å². The summed E-state index contributed by atoms with van der Waals surface area (Å²) < 4.78 is 16.3. The van der Waals surface area contributed by atoms with Crippen molar-refractivity contribution in [3.05, 3.63) is 41.5 Å². The summed E-state index contributed by atoms with van der Waals surface area (Å²) in [7, 11) is 1.66. The third kappa shape index (κ3) is 2.77. The minimum Gasteiger partial charge on any atom is -0.508 e. The highest BCUT2D eigenvalue weighted by molar-refractivity contribution is 5.33. The summed E-state index contributed by atoms with van der Waals surface area (Å²) in [5, 5.41) is 13.9. The predicted molar refractivity (Wildman–Crippen MR) is 74.0 cm³/mol. The van der Waals surface area contributed by atoms with Crippen molar-refractivity contribution >= 4 is 0 Å². The van der Waals surface area contributed by atoms with Crippen molar-refractivity contribution in [2.24, 2.45) is 0 Å². The van der Waals surface area contributed by atoms with E-state index in [4.69, 9.17) is 14.0 Å². The first-order chi connectivity index (χ1) is 10.2. The van der Waals surface area contributed by atoms with Crippen LogP contribution in [-0.4, -0.2) is 35.6 Å². The van der Waals surface area contributed by atoms with Crippen molar-refractivity contribution in [3.63, 3.8) is 0 Å². The van der Waals surface area contributed by atoms with Crippen molar-refractivity contribution < 1.29 is 19.1 Å². The molecule has 2 aromatic rings. The molecule has 1 aromatic carbocycles. The molecule has 3 rings (SSSR count). The van der Waals surface area contributed by atoms with Gasteiger partial charge in [-0.1, -0.05) is 23.4 Å². The van der Waals surface area contributed by atoms with Gasteiger partial charge in [-0.05, 0) is 6.07 Å². The Balaban J connectivity index is 1.81. The second-order valence-electron chi connectivity index (χ2n) is 5.13. The zero-order valence-electron chi connectivity index (χ0n) is 11.9. The van der Waals surface area contributed by atoms with E-state index in [0.717, 1.165) is 5.56 Å². The van der Waals surface area contributed by atoms with Crippen LogP contribution in [0.1, 0.15) is 30.1 Å². The molecule has 1 N–H and O–H groups in total. The maximum atomic E-state index is 9.79. The molecule has 1 saturated heterocycles. The van der Waals surface area contributed by atoms with Gasteiger partial charge in [-0.15, -0.1) is 0 Å². The quantitative estimate of drug-likeness (QED) is 0.928. The van der Waals surface area contributed by atoms with Crippen LogP contribution in [0.3, 0.4) is 0 Å². The van der Waals surface area contributed by atoms with Crippen LogP contribution in [0, 0.1) is 0 Å². The fourth-order valence-corrected chi connectivity index (χ4v) is 2.56. The van der Waals surface area contributed by atoms with Gasteiger partial charge in [-0.25, -0.2) is 0 Å². The summed E-state index contributed by atoms with van der Waals surface area (Å²) >= 11 is 0. The smallest absolute Gasteiger partial charge is 0.231 e. The SMILES string of the molecule is COC1(c2noc(Cc3ccccc3O)n2)CCOCC1. The van der Waals surface area contributed by atoms with Crippen molar-refractivity contribution in [1.29, 1.82) is 0 Å². The van der Waals surface area contributed by atoms with Crippen LogP contribution < -0.4 is 0 Å². The number of para-hydroxylation sites is 1. The van der Waals surface area contributed by atoms with Crippen LogP contribution in [0.2, 0.25) is 0 Å². The molecule has 112 valence electrons. The molecule has 2 heterocycles. The first kappa shape index (κ1) is 14.0. The zero-order chi connectivity index (χ0) is 14.7. The van der Waals surface area contributed by atoms with Crippen LogP contribution >= 0.6 is 0 Å². The molecular weight excluding hydrogens is 272 g/mol. The lowest BCUT2D eigenvalue weighted by Gasteiger charge is -2.32. The minimum atomic E-state index is -0.529. The van der Waals surface area contributed by atoms with Gasteiger partial charge in [0.25, 0.3) is 0 Å². The topological polar surface area (TPSA) is 77.6 Å². The van der Waals surface area contributed by atoms with Gasteiger partial charge in [0.1, 0.15) is 11.4 Å². The van der Waals surface area contributed by atoms with Gasteiger partial charge in [-0.3, -0.25) is 0 Å². The molecule has 0 aliphatic carbocycles. The van der Waals surface area contributed by atoms with E-state index < -0.39 is 5.60 Å². The summed E-state index contributed by atoms with van der Waals surface area (Å²) in [4.78, 5) is 4.44. The molecule has 0 radical (unpaired) electrons. The second kappa shape index (κ2) is 5.83. The number of aromatic nitrogens is 2. The zero-order valence-corrected chi connectivity index (χ0v) is 11.9. The van der Waals surface area contributed by atoms with Crippen molar-refractivity contribution in [3.8, 4) is 5.75 Å². The monoisotopic (exact) mass is 290 g/mol. The van der Waals surface area contributed by atoms with Gasteiger partial charge in [0, 0.05) is 38.7 Å². The summed E-state index contributed by atoms with van der Waals surface area (Å²) in [5.41, 5.74) is 0.227. The number of rotatable bonds is 4. The van der Waals surface area contributed by atoms with E-state index in [2.05, 4.69) is 10.1 Å². The summed E-state index contributed by atoms with van der Waals surface area (Å²) in [6, 6.07) is 7.11. The number of methoxy groups -OCH3 is 1. The lowest BCUT2D eigenvalue weighted by Crippen LogP contribution is -2.36. The number of phenolic OH excluding ortho intramolecular Hbond substituents is 1. The molecule has 6 heteroatoms. The lowest BCUT2D eigenvalue weighted by atomic mass is 9.93. The van der Waals surface area contributed by atoms with Crippen molar-refractivity contribution in [2.75, 3.05) is 20.3 Å². The second-order valence-corrected chi connectivity index (χ2v) is 5.13. The fourth-order valence-electron chi connectivity index (χ4n) is 2.56. The van der Waals surface area contributed by atoms with E-state index in [0.29, 0.717) is 44.2 Å². The van der Waals surface area contributed by atoms with Crippen LogP contribution in [0.5, 0.6) is 5.75 Å². The van der Waals surface area contributed by atoms with Gasteiger partial charge in [0.2, 0.25) is 11.7 Å². The van der Waals surface area contributed by atoms with E-state index in [9.17, 15) is 5.11 Å². The first-order valence-corrected chi connectivity index (χ1v) is 6.96. The number of benzene rings is 1. The Bertz CT molecular complexity index is 605. The minimum absolute atomic E-state index is 0.227. The molecule has 0 unspecified atom stereocenters. The molecule has 1 aliphatic rings. The van der Waals surface area contributed by atoms with E-state index >= 15 is 0 Å². The van der Waals surface area contributed by atoms with Crippen LogP contribution in [-0.2, 0) is 21.5 Å². The maximum absolute atomic E-state index is 9.79. The van der Waals surface area contributed by atoms with Crippen LogP contribution in [0.4, 0.5) is 0 Å². The Labute approximate surface area is 122 Å². The van der Waals surface area contributed by atoms with Crippen LogP contribution in [0.15, 0.2) is 28.8 Å². The number of hydrogen-bond donors (Lipinski definition) is 1. The summed E-state index contributed by atoms with van der Waals surface area (Å²) in [6.45, 7) is 1.24. The van der Waals surface area contributed by atoms with Gasteiger partial charge in [0.05, 0.1) is 6.42 Å². The molecule has 0 bridgehead atoms. The van der Waals surface area contributed by atoms with Crippen molar-refractivity contribution in [2.45, 2.75) is 24.9 Å². The average Bonchev–Trinajstić information content (AvgIpc) is 2.99. The Kier molecular flexibility index (Phi) is 3.90. The van der Waals surface area contributed by atoms with E-state index in [1.54, 1.807) is 19.2 Å². The highest BCUT2D eigenvalue weighted by Gasteiger charge is 2.39. The first-order valence-electron chi connectivity index (χ1n) is 6.96. The summed E-state index contributed by atoms with van der Waals surface area (Å²) in [6.07, 6.45) is 1.81. The Morgan fingerprint density at radius 2 is 2.05 bits per heavy atom. The molecule has 0 atom stereocenters. The molecule has 0 spiro atoms. The molecule has 21 heavy (non-hydrogen) atoms. The Morgan fingerprint density at radius 1 is 1.29 bits per heavy atom. The fraction of sp³-hybridized carbons (Fsp3) is 0.467. The molecule has 1 aliphatic heterocycles. The molecule has 0 amide bonds. The number of hydrogen-bond acceptors (Lipinski definition) is 6. The van der Waals surface area contributed by atoms with E-state index in [1.807, 2.05) is 12.1 Å². The summed E-state index contributed by atoms with van der Waals surface area (Å²) in [5.74, 6) is 1.25. The maximum Gasteiger partial charge on any atom is 0.231 e.